The highest BCUT2D eigenvalue weighted by Crippen LogP contribution is 2.24. The molecule has 3 rings (SSSR count). The number of rotatable bonds is 10. The molecular formula is C18H20BrClN8O2. The maximum atomic E-state index is 8.95. The topological polar surface area (TPSA) is 140 Å². The van der Waals surface area contributed by atoms with E-state index in [2.05, 4.69) is 57.1 Å². The minimum absolute atomic E-state index is 0.00396. The summed E-state index contributed by atoms with van der Waals surface area (Å²) in [6.45, 7) is 0.702. The molecule has 0 amide bonds. The second-order valence-electron chi connectivity index (χ2n) is 5.91. The summed E-state index contributed by atoms with van der Waals surface area (Å²) in [5, 5.41) is 30.4. The lowest BCUT2D eigenvalue weighted by atomic mass is 10.3. The molecule has 6 N–H and O–H groups in total. The van der Waals surface area contributed by atoms with Gasteiger partial charge in [-0.2, -0.15) is 9.97 Å². The second-order valence-corrected chi connectivity index (χ2v) is 7.17. The van der Waals surface area contributed by atoms with Gasteiger partial charge in [-0.05, 0) is 40.2 Å². The van der Waals surface area contributed by atoms with Crippen molar-refractivity contribution in [1.29, 1.82) is 0 Å². The van der Waals surface area contributed by atoms with Crippen molar-refractivity contribution >= 4 is 62.4 Å². The average molecular weight is 496 g/mol. The van der Waals surface area contributed by atoms with E-state index in [1.54, 1.807) is 6.20 Å². The summed E-state index contributed by atoms with van der Waals surface area (Å²) in [4.78, 5) is 17.1. The molecule has 10 nitrogen and oxygen atoms in total. The molecule has 0 saturated carbocycles. The van der Waals surface area contributed by atoms with Crippen molar-refractivity contribution in [3.8, 4) is 0 Å². The van der Waals surface area contributed by atoms with E-state index < -0.39 is 0 Å². The molecular weight excluding hydrogens is 476 g/mol. The molecule has 0 fully saturated rings. The number of hydrogen-bond acceptors (Lipinski definition) is 10. The number of aromatic nitrogens is 4. The monoisotopic (exact) mass is 494 g/mol. The van der Waals surface area contributed by atoms with Crippen LogP contribution in [-0.4, -0.2) is 56.5 Å². The quantitative estimate of drug-likeness (QED) is 0.249. The van der Waals surface area contributed by atoms with E-state index in [0.29, 0.717) is 46.1 Å². The summed E-state index contributed by atoms with van der Waals surface area (Å²) in [6.07, 6.45) is 3.12. The van der Waals surface area contributed by atoms with Crippen molar-refractivity contribution < 1.29 is 10.2 Å². The summed E-state index contributed by atoms with van der Waals surface area (Å²) in [6, 6.07) is 7.42. The molecule has 3 aromatic rings. The first-order valence-electron chi connectivity index (χ1n) is 8.97. The van der Waals surface area contributed by atoms with E-state index in [1.165, 1.54) is 6.20 Å². The molecule has 0 saturated heterocycles. The van der Waals surface area contributed by atoms with Crippen molar-refractivity contribution in [3.63, 3.8) is 0 Å². The van der Waals surface area contributed by atoms with Crippen LogP contribution in [0.2, 0.25) is 5.02 Å². The molecule has 12 heteroatoms. The Labute approximate surface area is 186 Å². The van der Waals surface area contributed by atoms with E-state index >= 15 is 0 Å². The minimum Gasteiger partial charge on any atom is -0.395 e. The molecule has 2 heterocycles. The first-order valence-corrected chi connectivity index (χ1v) is 10.1. The highest BCUT2D eigenvalue weighted by molar-refractivity contribution is 9.10. The third-order valence-electron chi connectivity index (χ3n) is 3.69. The van der Waals surface area contributed by atoms with Crippen LogP contribution in [0.5, 0.6) is 0 Å². The molecule has 1 aromatic carbocycles. The zero-order valence-corrected chi connectivity index (χ0v) is 18.1. The summed E-state index contributed by atoms with van der Waals surface area (Å²) < 4.78 is 0.705. The second kappa shape index (κ2) is 10.9. The van der Waals surface area contributed by atoms with E-state index in [0.717, 1.165) is 11.4 Å². The predicted octanol–water partition coefficient (Wildman–Crippen LogP) is 2.98. The number of aliphatic hydroxyl groups is 2. The first-order chi connectivity index (χ1) is 14.6. The predicted molar refractivity (Wildman–Crippen MR) is 121 cm³/mol. The van der Waals surface area contributed by atoms with Crippen LogP contribution in [0, 0.1) is 0 Å². The first kappa shape index (κ1) is 22.0. The molecule has 0 atom stereocenters. The summed E-state index contributed by atoms with van der Waals surface area (Å²) in [5.74, 6) is 1.82. The Morgan fingerprint density at radius 2 is 1.30 bits per heavy atom. The van der Waals surface area contributed by atoms with Gasteiger partial charge in [-0.3, -0.25) is 0 Å². The van der Waals surface area contributed by atoms with Crippen molar-refractivity contribution in [3.05, 3.63) is 46.2 Å². The van der Waals surface area contributed by atoms with Crippen LogP contribution in [0.1, 0.15) is 0 Å². The fourth-order valence-corrected chi connectivity index (χ4v) is 2.84. The Kier molecular flexibility index (Phi) is 7.97. The van der Waals surface area contributed by atoms with Crippen molar-refractivity contribution in [1.82, 2.24) is 19.9 Å². The maximum Gasteiger partial charge on any atom is 0.229 e. The third kappa shape index (κ3) is 6.13. The molecule has 0 radical (unpaired) electrons. The molecule has 0 unspecified atom stereocenters. The van der Waals surface area contributed by atoms with Gasteiger partial charge in [0.25, 0.3) is 0 Å². The van der Waals surface area contributed by atoms with Crippen LogP contribution in [0.3, 0.4) is 0 Å². The molecule has 0 spiro atoms. The van der Waals surface area contributed by atoms with E-state index in [-0.39, 0.29) is 13.2 Å². The van der Waals surface area contributed by atoms with Gasteiger partial charge < -0.3 is 31.5 Å². The average Bonchev–Trinajstić information content (AvgIpc) is 2.76. The zero-order valence-electron chi connectivity index (χ0n) is 15.7. The largest absolute Gasteiger partial charge is 0.395 e. The van der Waals surface area contributed by atoms with E-state index in [1.807, 2.05) is 24.3 Å². The lowest BCUT2D eigenvalue weighted by Crippen LogP contribution is -2.09. The number of halogens is 2. The smallest absolute Gasteiger partial charge is 0.229 e. The van der Waals surface area contributed by atoms with Gasteiger partial charge in [-0.1, -0.05) is 11.6 Å². The van der Waals surface area contributed by atoms with E-state index in [4.69, 9.17) is 21.8 Å². The van der Waals surface area contributed by atoms with Crippen LogP contribution in [0.25, 0.3) is 0 Å². The molecule has 158 valence electrons. The molecule has 0 bridgehead atoms. The number of anilines is 6. The number of aliphatic hydroxyl groups excluding tert-OH is 2. The van der Waals surface area contributed by atoms with Crippen LogP contribution in [0.15, 0.2) is 41.1 Å². The Bertz CT molecular complexity index is 898. The molecule has 30 heavy (non-hydrogen) atoms. The molecule has 0 aliphatic heterocycles. The number of hydrogen-bond donors (Lipinski definition) is 6. The van der Waals surface area contributed by atoms with Crippen molar-refractivity contribution in [2.45, 2.75) is 0 Å². The number of nitrogens with zero attached hydrogens (tertiary/aromatic N) is 4. The van der Waals surface area contributed by atoms with Crippen LogP contribution in [0.4, 0.5) is 34.9 Å². The fourth-order valence-electron chi connectivity index (χ4n) is 2.35. The number of nitrogens with one attached hydrogen (secondary N) is 4. The third-order valence-corrected chi connectivity index (χ3v) is 4.55. The van der Waals surface area contributed by atoms with E-state index in [9.17, 15) is 0 Å². The van der Waals surface area contributed by atoms with Gasteiger partial charge in [0.05, 0.1) is 23.9 Å². The van der Waals surface area contributed by atoms with Crippen LogP contribution >= 0.6 is 27.5 Å². The highest BCUT2D eigenvalue weighted by Gasteiger charge is 2.07. The SMILES string of the molecule is OCCNc1nc(Nc2ccc(Nc3ncc(Br)c(NCCO)n3)cc2)ncc1Cl. The van der Waals surface area contributed by atoms with Gasteiger partial charge >= 0.3 is 0 Å². The Balaban J connectivity index is 1.66. The van der Waals surface area contributed by atoms with Crippen LogP contribution < -0.4 is 21.3 Å². The van der Waals surface area contributed by atoms with Gasteiger partial charge in [0.15, 0.2) is 5.82 Å². The van der Waals surface area contributed by atoms with Crippen molar-refractivity contribution in [2.24, 2.45) is 0 Å². The van der Waals surface area contributed by atoms with Gasteiger partial charge in [0, 0.05) is 30.7 Å². The fraction of sp³-hybridized carbons (Fsp3) is 0.222. The summed E-state index contributed by atoms with van der Waals surface area (Å²) in [5.41, 5.74) is 1.57. The van der Waals surface area contributed by atoms with Gasteiger partial charge in [0.1, 0.15) is 10.8 Å². The molecule has 0 aliphatic carbocycles. The minimum atomic E-state index is -0.0291. The van der Waals surface area contributed by atoms with Gasteiger partial charge in [-0.15, -0.1) is 0 Å². The van der Waals surface area contributed by atoms with Gasteiger partial charge in [0.2, 0.25) is 11.9 Å². The zero-order chi connectivity index (χ0) is 21.3. The Morgan fingerprint density at radius 3 is 1.87 bits per heavy atom. The number of benzene rings is 1. The normalized spacial score (nSPS) is 10.5. The van der Waals surface area contributed by atoms with Crippen molar-refractivity contribution in [2.75, 3.05) is 47.6 Å². The molecule has 2 aromatic heterocycles. The Morgan fingerprint density at radius 1 is 0.800 bits per heavy atom. The summed E-state index contributed by atoms with van der Waals surface area (Å²) in [7, 11) is 0. The molecule has 0 aliphatic rings. The lowest BCUT2D eigenvalue weighted by molar-refractivity contribution is 0.310. The van der Waals surface area contributed by atoms with Crippen LogP contribution in [-0.2, 0) is 0 Å². The van der Waals surface area contributed by atoms with Gasteiger partial charge in [-0.25, -0.2) is 9.97 Å². The maximum absolute atomic E-state index is 8.95. The highest BCUT2D eigenvalue weighted by atomic mass is 79.9. The Hall–Kier alpha value is -2.73. The standard InChI is InChI=1S/C18H20BrClN8O2/c19-13-9-23-17(27-15(13)21-5-7-29)25-11-1-3-12(4-2-11)26-18-24-10-14(20)16(28-18)22-6-8-30/h1-4,9-10,29-30H,5-8H2,(H2,21,23,25,27)(H2,22,24,26,28). The lowest BCUT2D eigenvalue weighted by Gasteiger charge is -2.11. The summed E-state index contributed by atoms with van der Waals surface area (Å²) >= 11 is 9.41.